The highest BCUT2D eigenvalue weighted by atomic mass is 16.5. The molecule has 0 aliphatic carbocycles. The first-order valence-corrected chi connectivity index (χ1v) is 8.08. The number of nitrogens with zero attached hydrogens (tertiary/aromatic N) is 4. The fourth-order valence-electron chi connectivity index (χ4n) is 2.96. The standard InChI is InChI=1S/C16H25N5O/c1-13-4-5-14(15(19-13)20-6-2-3-7-20)12-18-16(17)21-8-10-22-11-9-21/h4-5H,2-3,6-12H2,1H3,(H2,17,18). The molecule has 1 aromatic rings. The molecule has 2 fully saturated rings. The smallest absolute Gasteiger partial charge is 0.191 e. The van der Waals surface area contributed by atoms with Crippen molar-refractivity contribution in [3.63, 3.8) is 0 Å². The van der Waals surface area contributed by atoms with Crippen LogP contribution >= 0.6 is 0 Å². The molecular weight excluding hydrogens is 278 g/mol. The molecule has 3 rings (SSSR count). The van der Waals surface area contributed by atoms with E-state index in [2.05, 4.69) is 26.9 Å². The zero-order valence-electron chi connectivity index (χ0n) is 13.3. The molecule has 2 aliphatic heterocycles. The van der Waals surface area contributed by atoms with Crippen LogP contribution in [0.5, 0.6) is 0 Å². The second-order valence-electron chi connectivity index (χ2n) is 5.90. The number of morpholine rings is 1. The molecule has 3 heterocycles. The van der Waals surface area contributed by atoms with Gasteiger partial charge in [0.2, 0.25) is 0 Å². The van der Waals surface area contributed by atoms with Crippen molar-refractivity contribution in [2.45, 2.75) is 26.3 Å². The van der Waals surface area contributed by atoms with Crippen molar-refractivity contribution in [3.8, 4) is 0 Å². The first kappa shape index (κ1) is 15.1. The van der Waals surface area contributed by atoms with Crippen LogP contribution in [0.2, 0.25) is 0 Å². The van der Waals surface area contributed by atoms with Gasteiger partial charge in [0.05, 0.1) is 19.8 Å². The lowest BCUT2D eigenvalue weighted by Gasteiger charge is -2.27. The first-order valence-electron chi connectivity index (χ1n) is 8.08. The number of hydrogen-bond donors (Lipinski definition) is 1. The maximum atomic E-state index is 6.12. The minimum Gasteiger partial charge on any atom is -0.378 e. The van der Waals surface area contributed by atoms with Crippen molar-refractivity contribution in [2.75, 3.05) is 44.3 Å². The number of aryl methyl sites for hydroxylation is 1. The molecule has 22 heavy (non-hydrogen) atoms. The molecule has 6 heteroatoms. The van der Waals surface area contributed by atoms with Crippen molar-refractivity contribution in [2.24, 2.45) is 10.7 Å². The summed E-state index contributed by atoms with van der Waals surface area (Å²) in [6.45, 7) is 7.89. The Bertz CT molecular complexity index is 533. The minimum atomic E-state index is 0.586. The third-order valence-electron chi connectivity index (χ3n) is 4.25. The van der Waals surface area contributed by atoms with E-state index >= 15 is 0 Å². The largest absolute Gasteiger partial charge is 0.378 e. The summed E-state index contributed by atoms with van der Waals surface area (Å²) < 4.78 is 5.34. The van der Waals surface area contributed by atoms with E-state index in [1.165, 1.54) is 12.8 Å². The lowest BCUT2D eigenvalue weighted by atomic mass is 10.2. The monoisotopic (exact) mass is 303 g/mol. The molecular formula is C16H25N5O. The van der Waals surface area contributed by atoms with Crippen molar-refractivity contribution in [1.82, 2.24) is 9.88 Å². The molecule has 6 nitrogen and oxygen atoms in total. The Balaban J connectivity index is 1.73. The normalized spacial score (nSPS) is 19.8. The molecule has 0 radical (unpaired) electrons. The van der Waals surface area contributed by atoms with Crippen LogP contribution in [-0.2, 0) is 11.3 Å². The van der Waals surface area contributed by atoms with E-state index in [4.69, 9.17) is 15.5 Å². The van der Waals surface area contributed by atoms with Gasteiger partial charge in [-0.3, -0.25) is 0 Å². The van der Waals surface area contributed by atoms with Crippen molar-refractivity contribution in [3.05, 3.63) is 23.4 Å². The predicted octanol–water partition coefficient (Wildman–Crippen LogP) is 1.14. The van der Waals surface area contributed by atoms with E-state index in [-0.39, 0.29) is 0 Å². The van der Waals surface area contributed by atoms with Crippen LogP contribution in [0.25, 0.3) is 0 Å². The van der Waals surface area contributed by atoms with Gasteiger partial charge in [0.25, 0.3) is 0 Å². The summed E-state index contributed by atoms with van der Waals surface area (Å²) >= 11 is 0. The van der Waals surface area contributed by atoms with Crippen LogP contribution in [0, 0.1) is 6.92 Å². The number of hydrogen-bond acceptors (Lipinski definition) is 4. The highest BCUT2D eigenvalue weighted by Crippen LogP contribution is 2.23. The van der Waals surface area contributed by atoms with Gasteiger partial charge < -0.3 is 20.3 Å². The van der Waals surface area contributed by atoms with Gasteiger partial charge in [-0.1, -0.05) is 6.07 Å². The Morgan fingerprint density at radius 2 is 1.95 bits per heavy atom. The topological polar surface area (TPSA) is 67.0 Å². The molecule has 0 saturated carbocycles. The molecule has 2 saturated heterocycles. The van der Waals surface area contributed by atoms with E-state index < -0.39 is 0 Å². The van der Waals surface area contributed by atoms with Gasteiger partial charge in [0.1, 0.15) is 5.82 Å². The van der Waals surface area contributed by atoms with E-state index in [1.807, 2.05) is 6.92 Å². The number of ether oxygens (including phenoxy) is 1. The minimum absolute atomic E-state index is 0.586. The van der Waals surface area contributed by atoms with Gasteiger partial charge >= 0.3 is 0 Å². The van der Waals surface area contributed by atoms with Crippen molar-refractivity contribution < 1.29 is 4.74 Å². The Morgan fingerprint density at radius 3 is 2.68 bits per heavy atom. The molecule has 0 aromatic carbocycles. The molecule has 0 amide bonds. The molecule has 0 spiro atoms. The molecule has 2 aliphatic rings. The van der Waals surface area contributed by atoms with E-state index in [0.29, 0.717) is 12.5 Å². The maximum absolute atomic E-state index is 6.12. The average Bonchev–Trinajstić information content (AvgIpc) is 3.08. The third-order valence-corrected chi connectivity index (χ3v) is 4.25. The number of guanidine groups is 1. The highest BCUT2D eigenvalue weighted by Gasteiger charge is 2.18. The fraction of sp³-hybridized carbons (Fsp3) is 0.625. The van der Waals surface area contributed by atoms with Crippen LogP contribution in [0.15, 0.2) is 17.1 Å². The fourth-order valence-corrected chi connectivity index (χ4v) is 2.96. The second-order valence-corrected chi connectivity index (χ2v) is 5.90. The number of anilines is 1. The van der Waals surface area contributed by atoms with Crippen LogP contribution < -0.4 is 10.6 Å². The van der Waals surface area contributed by atoms with Crippen LogP contribution in [0.3, 0.4) is 0 Å². The van der Waals surface area contributed by atoms with Gasteiger partial charge in [0, 0.05) is 37.4 Å². The van der Waals surface area contributed by atoms with Gasteiger partial charge in [-0.2, -0.15) is 0 Å². The van der Waals surface area contributed by atoms with Crippen LogP contribution in [-0.4, -0.2) is 55.2 Å². The lowest BCUT2D eigenvalue weighted by molar-refractivity contribution is 0.0674. The van der Waals surface area contributed by atoms with Crippen molar-refractivity contribution >= 4 is 11.8 Å². The Morgan fingerprint density at radius 1 is 1.23 bits per heavy atom. The van der Waals surface area contributed by atoms with Gasteiger partial charge in [-0.15, -0.1) is 0 Å². The molecule has 0 unspecified atom stereocenters. The molecule has 120 valence electrons. The summed E-state index contributed by atoms with van der Waals surface area (Å²) in [5, 5.41) is 0. The zero-order valence-corrected chi connectivity index (χ0v) is 13.3. The Kier molecular flexibility index (Phi) is 4.77. The quantitative estimate of drug-likeness (QED) is 0.670. The van der Waals surface area contributed by atoms with Gasteiger partial charge in [0.15, 0.2) is 5.96 Å². The average molecular weight is 303 g/mol. The number of rotatable bonds is 3. The number of aliphatic imine (C=N–C) groups is 1. The van der Waals surface area contributed by atoms with Gasteiger partial charge in [-0.05, 0) is 25.8 Å². The summed E-state index contributed by atoms with van der Waals surface area (Å²) in [5.41, 5.74) is 8.32. The molecule has 0 atom stereocenters. The predicted molar refractivity (Wildman–Crippen MR) is 88.1 cm³/mol. The first-order chi connectivity index (χ1) is 10.7. The Hall–Kier alpha value is -1.82. The van der Waals surface area contributed by atoms with Crippen molar-refractivity contribution in [1.29, 1.82) is 0 Å². The van der Waals surface area contributed by atoms with Crippen LogP contribution in [0.1, 0.15) is 24.1 Å². The molecule has 1 aromatic heterocycles. The zero-order chi connectivity index (χ0) is 15.4. The number of pyridine rings is 1. The van der Waals surface area contributed by atoms with E-state index in [0.717, 1.165) is 56.5 Å². The maximum Gasteiger partial charge on any atom is 0.191 e. The summed E-state index contributed by atoms with van der Waals surface area (Å²) in [4.78, 5) is 13.8. The number of nitrogens with two attached hydrogens (primary N) is 1. The summed E-state index contributed by atoms with van der Waals surface area (Å²) in [6, 6.07) is 4.18. The summed E-state index contributed by atoms with van der Waals surface area (Å²) in [7, 11) is 0. The van der Waals surface area contributed by atoms with Gasteiger partial charge in [-0.25, -0.2) is 9.98 Å². The van der Waals surface area contributed by atoms with E-state index in [9.17, 15) is 0 Å². The van der Waals surface area contributed by atoms with Crippen LogP contribution in [0.4, 0.5) is 5.82 Å². The lowest BCUT2D eigenvalue weighted by Crippen LogP contribution is -2.44. The highest BCUT2D eigenvalue weighted by molar-refractivity contribution is 5.78. The Labute approximate surface area is 132 Å². The second kappa shape index (κ2) is 6.96. The third kappa shape index (κ3) is 3.50. The van der Waals surface area contributed by atoms with E-state index in [1.54, 1.807) is 0 Å². The molecule has 2 N–H and O–H groups in total. The molecule has 0 bridgehead atoms. The summed E-state index contributed by atoms with van der Waals surface area (Å²) in [5.74, 6) is 1.69. The number of aromatic nitrogens is 1. The SMILES string of the molecule is Cc1ccc(CN=C(N)N2CCOCC2)c(N2CCCC2)n1. The summed E-state index contributed by atoms with van der Waals surface area (Å²) in [6.07, 6.45) is 2.49.